The fraction of sp³-hybridized carbons (Fsp3) is 0.500. The highest BCUT2D eigenvalue weighted by Gasteiger charge is 2.36. The Labute approximate surface area is 72.6 Å². The molecule has 0 aromatic rings. The van der Waals surface area contributed by atoms with Crippen molar-refractivity contribution in [3.63, 3.8) is 0 Å². The second kappa shape index (κ2) is 3.57. The highest BCUT2D eigenvalue weighted by atomic mass is 16.4. The summed E-state index contributed by atoms with van der Waals surface area (Å²) in [7, 11) is 0. The number of carboxylic acid groups (broad SMARTS) is 1. The molecular formula is C10H14O2. The van der Waals surface area contributed by atoms with Crippen molar-refractivity contribution in [2.24, 2.45) is 5.41 Å². The van der Waals surface area contributed by atoms with Gasteiger partial charge in [-0.3, -0.25) is 4.79 Å². The van der Waals surface area contributed by atoms with Gasteiger partial charge < -0.3 is 5.11 Å². The van der Waals surface area contributed by atoms with E-state index in [0.717, 1.165) is 12.8 Å². The third-order valence-corrected chi connectivity index (χ3v) is 2.45. The fourth-order valence-corrected chi connectivity index (χ4v) is 1.63. The number of carbonyl (C=O) groups is 1. The van der Waals surface area contributed by atoms with Crippen LogP contribution in [0, 0.1) is 5.41 Å². The first-order chi connectivity index (χ1) is 5.71. The van der Waals surface area contributed by atoms with Crippen molar-refractivity contribution in [2.45, 2.75) is 25.7 Å². The molecule has 0 saturated carbocycles. The summed E-state index contributed by atoms with van der Waals surface area (Å²) in [5.41, 5.74) is -0.559. The van der Waals surface area contributed by atoms with Crippen molar-refractivity contribution in [2.75, 3.05) is 0 Å². The first-order valence-electron chi connectivity index (χ1n) is 4.20. The average molecular weight is 166 g/mol. The Morgan fingerprint density at radius 3 is 2.83 bits per heavy atom. The first kappa shape index (κ1) is 9.04. The number of hydrogen-bond acceptors (Lipinski definition) is 1. The maximum absolute atomic E-state index is 11.0. The van der Waals surface area contributed by atoms with Crippen molar-refractivity contribution in [3.8, 4) is 0 Å². The van der Waals surface area contributed by atoms with Gasteiger partial charge >= 0.3 is 5.97 Å². The summed E-state index contributed by atoms with van der Waals surface area (Å²) in [5.74, 6) is -0.688. The van der Waals surface area contributed by atoms with Gasteiger partial charge in [0.1, 0.15) is 0 Å². The van der Waals surface area contributed by atoms with E-state index in [1.165, 1.54) is 0 Å². The van der Waals surface area contributed by atoms with Crippen LogP contribution in [0.4, 0.5) is 0 Å². The number of carboxylic acids is 1. The molecule has 0 heterocycles. The van der Waals surface area contributed by atoms with E-state index in [2.05, 4.69) is 6.58 Å². The van der Waals surface area contributed by atoms with Crippen molar-refractivity contribution in [3.05, 3.63) is 24.8 Å². The molecule has 66 valence electrons. The van der Waals surface area contributed by atoms with E-state index in [4.69, 9.17) is 5.11 Å². The van der Waals surface area contributed by atoms with Crippen LogP contribution in [-0.2, 0) is 4.79 Å². The number of rotatable bonds is 3. The lowest BCUT2D eigenvalue weighted by molar-refractivity contribution is -0.149. The van der Waals surface area contributed by atoms with E-state index < -0.39 is 11.4 Å². The summed E-state index contributed by atoms with van der Waals surface area (Å²) in [5, 5.41) is 9.04. The molecule has 0 aromatic heterocycles. The predicted molar refractivity (Wildman–Crippen MR) is 47.9 cm³/mol. The molecular weight excluding hydrogens is 152 g/mol. The molecule has 1 aliphatic carbocycles. The zero-order valence-corrected chi connectivity index (χ0v) is 7.12. The number of allylic oxidation sites excluding steroid dienone is 3. The van der Waals surface area contributed by atoms with Crippen LogP contribution in [0.25, 0.3) is 0 Å². The molecule has 1 N–H and O–H groups in total. The standard InChI is InChI=1S/C10H14O2/c1-2-6-10(9(11)12)7-4-3-5-8-10/h2-4H,1,5-8H2,(H,11,12). The van der Waals surface area contributed by atoms with Crippen LogP contribution >= 0.6 is 0 Å². The minimum atomic E-state index is -0.688. The Morgan fingerprint density at radius 2 is 2.42 bits per heavy atom. The van der Waals surface area contributed by atoms with Crippen molar-refractivity contribution >= 4 is 5.97 Å². The van der Waals surface area contributed by atoms with Gasteiger partial charge in [0.2, 0.25) is 0 Å². The van der Waals surface area contributed by atoms with E-state index in [0.29, 0.717) is 12.8 Å². The highest BCUT2D eigenvalue weighted by molar-refractivity contribution is 5.75. The molecule has 1 rings (SSSR count). The maximum Gasteiger partial charge on any atom is 0.310 e. The van der Waals surface area contributed by atoms with Gasteiger partial charge in [-0.1, -0.05) is 18.2 Å². The summed E-state index contributed by atoms with van der Waals surface area (Å²) in [6.07, 6.45) is 8.55. The van der Waals surface area contributed by atoms with Crippen molar-refractivity contribution in [1.82, 2.24) is 0 Å². The van der Waals surface area contributed by atoms with Crippen LogP contribution in [0.5, 0.6) is 0 Å². The zero-order chi connectivity index (χ0) is 9.03. The monoisotopic (exact) mass is 166 g/mol. The molecule has 0 spiro atoms. The van der Waals surface area contributed by atoms with Crippen LogP contribution in [-0.4, -0.2) is 11.1 Å². The minimum absolute atomic E-state index is 0.559. The van der Waals surface area contributed by atoms with Crippen molar-refractivity contribution < 1.29 is 9.90 Å². The second-order valence-corrected chi connectivity index (χ2v) is 3.29. The zero-order valence-electron chi connectivity index (χ0n) is 7.12. The van der Waals surface area contributed by atoms with Crippen LogP contribution < -0.4 is 0 Å². The second-order valence-electron chi connectivity index (χ2n) is 3.29. The van der Waals surface area contributed by atoms with Gasteiger partial charge in [-0.25, -0.2) is 0 Å². The quantitative estimate of drug-likeness (QED) is 0.653. The smallest absolute Gasteiger partial charge is 0.310 e. The lowest BCUT2D eigenvalue weighted by Crippen LogP contribution is -2.31. The number of aliphatic carboxylic acids is 1. The molecule has 0 saturated heterocycles. The summed E-state index contributed by atoms with van der Waals surface area (Å²) in [6, 6.07) is 0. The molecule has 12 heavy (non-hydrogen) atoms. The van der Waals surface area contributed by atoms with Gasteiger partial charge in [0, 0.05) is 0 Å². The average Bonchev–Trinajstić information content (AvgIpc) is 2.06. The maximum atomic E-state index is 11.0. The summed E-state index contributed by atoms with van der Waals surface area (Å²) >= 11 is 0. The van der Waals surface area contributed by atoms with E-state index >= 15 is 0 Å². The molecule has 0 bridgehead atoms. The Kier molecular flexibility index (Phi) is 2.69. The highest BCUT2D eigenvalue weighted by Crippen LogP contribution is 2.36. The summed E-state index contributed by atoms with van der Waals surface area (Å²) in [4.78, 5) is 11.0. The van der Waals surface area contributed by atoms with Gasteiger partial charge in [0.05, 0.1) is 5.41 Å². The van der Waals surface area contributed by atoms with Crippen LogP contribution in [0.15, 0.2) is 24.8 Å². The molecule has 0 radical (unpaired) electrons. The van der Waals surface area contributed by atoms with Gasteiger partial charge in [-0.2, -0.15) is 0 Å². The van der Waals surface area contributed by atoms with E-state index in [-0.39, 0.29) is 0 Å². The SMILES string of the molecule is C=CCC1(C(=O)O)CC=CCC1. The van der Waals surface area contributed by atoms with Crippen LogP contribution in [0.1, 0.15) is 25.7 Å². The molecule has 0 fully saturated rings. The molecule has 0 amide bonds. The molecule has 1 unspecified atom stereocenters. The lowest BCUT2D eigenvalue weighted by Gasteiger charge is -2.28. The van der Waals surface area contributed by atoms with E-state index in [1.54, 1.807) is 6.08 Å². The lowest BCUT2D eigenvalue weighted by atomic mass is 9.74. The van der Waals surface area contributed by atoms with Gasteiger partial charge in [0.25, 0.3) is 0 Å². The third-order valence-electron chi connectivity index (χ3n) is 2.45. The van der Waals surface area contributed by atoms with Gasteiger partial charge in [-0.15, -0.1) is 6.58 Å². The van der Waals surface area contributed by atoms with Gasteiger partial charge in [0.15, 0.2) is 0 Å². The molecule has 0 aromatic carbocycles. The Balaban J connectivity index is 2.78. The molecule has 0 aliphatic heterocycles. The third kappa shape index (κ3) is 1.58. The molecule has 2 heteroatoms. The Morgan fingerprint density at radius 1 is 1.67 bits per heavy atom. The summed E-state index contributed by atoms with van der Waals surface area (Å²) < 4.78 is 0. The predicted octanol–water partition coefficient (Wildman–Crippen LogP) is 2.37. The Hall–Kier alpha value is -1.05. The molecule has 1 atom stereocenters. The largest absolute Gasteiger partial charge is 0.481 e. The molecule has 1 aliphatic rings. The van der Waals surface area contributed by atoms with Gasteiger partial charge in [-0.05, 0) is 25.7 Å². The van der Waals surface area contributed by atoms with Crippen LogP contribution in [0.3, 0.4) is 0 Å². The summed E-state index contributed by atoms with van der Waals surface area (Å²) in [6.45, 7) is 3.59. The van der Waals surface area contributed by atoms with Crippen LogP contribution in [0.2, 0.25) is 0 Å². The Bertz CT molecular complexity index is 218. The molecule has 2 nitrogen and oxygen atoms in total. The van der Waals surface area contributed by atoms with E-state index in [9.17, 15) is 4.79 Å². The fourth-order valence-electron chi connectivity index (χ4n) is 1.63. The number of hydrogen-bond donors (Lipinski definition) is 1. The first-order valence-corrected chi connectivity index (χ1v) is 4.20. The normalized spacial score (nSPS) is 28.3. The van der Waals surface area contributed by atoms with E-state index in [1.807, 2.05) is 12.2 Å². The minimum Gasteiger partial charge on any atom is -0.481 e. The van der Waals surface area contributed by atoms with Crippen molar-refractivity contribution in [1.29, 1.82) is 0 Å². The topological polar surface area (TPSA) is 37.3 Å².